The van der Waals surface area contributed by atoms with E-state index in [0.29, 0.717) is 12.4 Å². The number of carbonyl (C=O) groups is 1. The molecule has 6 heteroatoms. The maximum Gasteiger partial charge on any atom is 0.270 e. The van der Waals surface area contributed by atoms with E-state index in [0.717, 1.165) is 17.8 Å². The van der Waals surface area contributed by atoms with Gasteiger partial charge < -0.3 is 0 Å². The van der Waals surface area contributed by atoms with Gasteiger partial charge in [0.15, 0.2) is 0 Å². The number of nitrogens with one attached hydrogen (secondary N) is 1. The summed E-state index contributed by atoms with van der Waals surface area (Å²) in [5.74, 6) is 3.01. The predicted octanol–water partition coefficient (Wildman–Crippen LogP) is 1.76. The van der Waals surface area contributed by atoms with Gasteiger partial charge >= 0.3 is 0 Å². The molecule has 4 bridgehead atoms. The van der Waals surface area contributed by atoms with Crippen molar-refractivity contribution in [3.05, 3.63) is 0 Å². The van der Waals surface area contributed by atoms with Gasteiger partial charge in [-0.15, -0.1) is 5.10 Å². The van der Waals surface area contributed by atoms with Crippen LogP contribution in [-0.2, 0) is 11.8 Å². The molecule has 0 radical (unpaired) electrons. The minimum Gasteiger partial charge on any atom is -0.292 e. The monoisotopic (exact) mass is 275 g/mol. The van der Waals surface area contributed by atoms with E-state index in [1.807, 2.05) is 0 Å². The molecule has 0 saturated heterocycles. The Morgan fingerprint density at radius 2 is 1.85 bits per heavy atom. The minimum absolute atomic E-state index is 0.0555. The SMILES string of the molecule is Cn1nnc(NC(=O)CC23CC4CC(CC(C4)C2)C3)n1. The largest absolute Gasteiger partial charge is 0.292 e. The van der Waals surface area contributed by atoms with Crippen molar-refractivity contribution in [3.8, 4) is 0 Å². The Labute approximate surface area is 118 Å². The van der Waals surface area contributed by atoms with Crippen LogP contribution in [0.2, 0.25) is 0 Å². The van der Waals surface area contributed by atoms with E-state index in [2.05, 4.69) is 20.7 Å². The number of aromatic nitrogens is 4. The summed E-state index contributed by atoms with van der Waals surface area (Å²) in [5, 5.41) is 14.4. The van der Waals surface area contributed by atoms with E-state index in [1.165, 1.54) is 43.3 Å². The van der Waals surface area contributed by atoms with Crippen LogP contribution in [0.4, 0.5) is 5.95 Å². The third-order valence-electron chi connectivity index (χ3n) is 5.46. The molecule has 20 heavy (non-hydrogen) atoms. The van der Waals surface area contributed by atoms with Gasteiger partial charge in [-0.25, -0.2) is 0 Å². The molecule has 0 atom stereocenters. The van der Waals surface area contributed by atoms with E-state index in [4.69, 9.17) is 0 Å². The summed E-state index contributed by atoms with van der Waals surface area (Å²) in [4.78, 5) is 13.6. The first kappa shape index (κ1) is 12.3. The molecule has 4 saturated carbocycles. The molecule has 6 nitrogen and oxygen atoms in total. The molecule has 108 valence electrons. The summed E-state index contributed by atoms with van der Waals surface area (Å²) in [6, 6.07) is 0. The Bertz CT molecular complexity index is 502. The second-order valence-electron chi connectivity index (χ2n) is 7.25. The first-order valence-electron chi connectivity index (χ1n) is 7.64. The molecular formula is C14H21N5O. The number of hydrogen-bond donors (Lipinski definition) is 1. The zero-order chi connectivity index (χ0) is 13.7. The Morgan fingerprint density at radius 1 is 1.25 bits per heavy atom. The number of carbonyl (C=O) groups excluding carboxylic acids is 1. The molecule has 5 rings (SSSR count). The van der Waals surface area contributed by atoms with Crippen molar-refractivity contribution in [2.24, 2.45) is 30.2 Å². The van der Waals surface area contributed by atoms with Gasteiger partial charge in [0.25, 0.3) is 5.95 Å². The number of rotatable bonds is 3. The highest BCUT2D eigenvalue weighted by molar-refractivity contribution is 5.89. The second-order valence-corrected chi connectivity index (χ2v) is 7.25. The van der Waals surface area contributed by atoms with Gasteiger partial charge in [0, 0.05) is 6.42 Å². The quantitative estimate of drug-likeness (QED) is 0.912. The molecule has 1 N–H and O–H groups in total. The summed E-state index contributed by atoms with van der Waals surface area (Å²) >= 11 is 0. The zero-order valence-corrected chi connectivity index (χ0v) is 11.9. The van der Waals surface area contributed by atoms with Crippen molar-refractivity contribution in [3.63, 3.8) is 0 Å². The standard InChI is InChI=1S/C14H21N5O/c1-19-17-13(16-18-19)15-12(20)8-14-5-9-2-10(6-14)4-11(3-9)7-14/h9-11H,2-8H2,1H3,(H,15,17,20). The average Bonchev–Trinajstić information content (AvgIpc) is 2.71. The van der Waals surface area contributed by atoms with E-state index in [-0.39, 0.29) is 11.3 Å². The molecule has 0 aromatic carbocycles. The lowest BCUT2D eigenvalue weighted by atomic mass is 9.49. The number of tetrazole rings is 1. The third kappa shape index (κ3) is 2.11. The van der Waals surface area contributed by atoms with Crippen LogP contribution in [-0.4, -0.2) is 26.1 Å². The average molecular weight is 275 g/mol. The molecule has 1 heterocycles. The molecule has 4 fully saturated rings. The Kier molecular flexibility index (Phi) is 2.62. The Balaban J connectivity index is 1.44. The summed E-state index contributed by atoms with van der Waals surface area (Å²) in [7, 11) is 1.70. The van der Waals surface area contributed by atoms with Gasteiger partial charge in [0.2, 0.25) is 5.91 Å². The molecule has 1 amide bonds. The summed E-state index contributed by atoms with van der Waals surface area (Å²) in [6.07, 6.45) is 8.61. The zero-order valence-electron chi connectivity index (χ0n) is 11.9. The molecule has 1 aromatic heterocycles. The molecule has 0 unspecified atom stereocenters. The minimum atomic E-state index is 0.0555. The third-order valence-corrected chi connectivity index (χ3v) is 5.46. The van der Waals surface area contributed by atoms with Crippen molar-refractivity contribution in [2.45, 2.75) is 44.9 Å². The highest BCUT2D eigenvalue weighted by atomic mass is 16.1. The molecular weight excluding hydrogens is 254 g/mol. The van der Waals surface area contributed by atoms with Crippen molar-refractivity contribution in [2.75, 3.05) is 5.32 Å². The van der Waals surface area contributed by atoms with Crippen LogP contribution in [0.1, 0.15) is 44.9 Å². The van der Waals surface area contributed by atoms with Crippen LogP contribution in [0.5, 0.6) is 0 Å². The van der Waals surface area contributed by atoms with E-state index in [1.54, 1.807) is 7.05 Å². The van der Waals surface area contributed by atoms with E-state index >= 15 is 0 Å². The van der Waals surface area contributed by atoms with Crippen molar-refractivity contribution >= 4 is 11.9 Å². The molecule has 0 aliphatic heterocycles. The van der Waals surface area contributed by atoms with Crippen molar-refractivity contribution < 1.29 is 4.79 Å². The highest BCUT2D eigenvalue weighted by Crippen LogP contribution is 2.61. The fourth-order valence-electron chi connectivity index (χ4n) is 5.35. The number of aryl methyl sites for hydroxylation is 1. The van der Waals surface area contributed by atoms with Gasteiger partial charge in [-0.1, -0.05) is 5.10 Å². The van der Waals surface area contributed by atoms with Gasteiger partial charge in [-0.05, 0) is 66.9 Å². The van der Waals surface area contributed by atoms with Gasteiger partial charge in [0.1, 0.15) is 0 Å². The van der Waals surface area contributed by atoms with Gasteiger partial charge in [-0.2, -0.15) is 4.80 Å². The van der Waals surface area contributed by atoms with Crippen LogP contribution in [0.3, 0.4) is 0 Å². The lowest BCUT2D eigenvalue weighted by molar-refractivity contribution is -0.124. The lowest BCUT2D eigenvalue weighted by Gasteiger charge is -2.56. The molecule has 4 aliphatic rings. The first-order chi connectivity index (χ1) is 9.60. The van der Waals surface area contributed by atoms with Crippen LogP contribution in [0.25, 0.3) is 0 Å². The molecule has 1 aromatic rings. The van der Waals surface area contributed by atoms with Crippen LogP contribution >= 0.6 is 0 Å². The van der Waals surface area contributed by atoms with Crippen molar-refractivity contribution in [1.82, 2.24) is 20.2 Å². The fraction of sp³-hybridized carbons (Fsp3) is 0.857. The predicted molar refractivity (Wildman–Crippen MR) is 72.6 cm³/mol. The van der Waals surface area contributed by atoms with Crippen LogP contribution in [0.15, 0.2) is 0 Å². The van der Waals surface area contributed by atoms with Crippen LogP contribution < -0.4 is 5.32 Å². The number of hydrogen-bond acceptors (Lipinski definition) is 4. The highest BCUT2D eigenvalue weighted by Gasteiger charge is 2.51. The molecule has 0 spiro atoms. The van der Waals surface area contributed by atoms with Gasteiger partial charge in [-0.3, -0.25) is 10.1 Å². The maximum atomic E-state index is 12.3. The normalized spacial score (nSPS) is 38.1. The van der Waals surface area contributed by atoms with E-state index < -0.39 is 0 Å². The number of nitrogens with zero attached hydrogens (tertiary/aromatic N) is 4. The number of anilines is 1. The topological polar surface area (TPSA) is 72.7 Å². The van der Waals surface area contributed by atoms with Crippen LogP contribution in [0, 0.1) is 23.2 Å². The number of amides is 1. The van der Waals surface area contributed by atoms with Crippen molar-refractivity contribution in [1.29, 1.82) is 0 Å². The van der Waals surface area contributed by atoms with Gasteiger partial charge in [0.05, 0.1) is 7.05 Å². The second kappa shape index (κ2) is 4.27. The summed E-state index contributed by atoms with van der Waals surface area (Å²) in [5.41, 5.74) is 0.265. The summed E-state index contributed by atoms with van der Waals surface area (Å²) in [6.45, 7) is 0. The first-order valence-corrected chi connectivity index (χ1v) is 7.64. The molecule has 4 aliphatic carbocycles. The maximum absolute atomic E-state index is 12.3. The fourth-order valence-corrected chi connectivity index (χ4v) is 5.35. The lowest BCUT2D eigenvalue weighted by Crippen LogP contribution is -2.47. The Morgan fingerprint density at radius 3 is 2.35 bits per heavy atom. The summed E-state index contributed by atoms with van der Waals surface area (Å²) < 4.78 is 0. The smallest absolute Gasteiger partial charge is 0.270 e. The Hall–Kier alpha value is -1.46. The van der Waals surface area contributed by atoms with E-state index in [9.17, 15) is 4.79 Å².